The lowest BCUT2D eigenvalue weighted by molar-refractivity contribution is -0.123. The highest BCUT2D eigenvalue weighted by molar-refractivity contribution is 9.13. The topological polar surface area (TPSA) is 63.4 Å². The van der Waals surface area contributed by atoms with E-state index in [0.717, 1.165) is 14.6 Å². The van der Waals surface area contributed by atoms with Gasteiger partial charge in [-0.15, -0.1) is 0 Å². The molecule has 1 unspecified atom stereocenters. The monoisotopic (exact) mass is 360 g/mol. The Labute approximate surface area is 115 Å². The van der Waals surface area contributed by atoms with Crippen molar-refractivity contribution in [1.29, 1.82) is 0 Å². The fourth-order valence-corrected chi connectivity index (χ4v) is 2.41. The third-order valence-electron chi connectivity index (χ3n) is 2.74. The molecule has 2 amide bonds. The third-order valence-corrected chi connectivity index (χ3v) is 4.62. The van der Waals surface area contributed by atoms with Crippen LogP contribution in [0.15, 0.2) is 27.1 Å². The van der Waals surface area contributed by atoms with Crippen molar-refractivity contribution in [3.8, 4) is 0 Å². The Morgan fingerprint density at radius 3 is 2.59 bits per heavy atom. The second-order valence-corrected chi connectivity index (χ2v) is 5.61. The third kappa shape index (κ3) is 2.52. The first-order valence-electron chi connectivity index (χ1n) is 5.04. The minimum Gasteiger partial charge on any atom is -0.369 e. The van der Waals surface area contributed by atoms with Gasteiger partial charge in [-0.05, 0) is 50.1 Å². The summed E-state index contributed by atoms with van der Waals surface area (Å²) in [4.78, 5) is 24.4. The molecule has 1 aliphatic rings. The summed E-state index contributed by atoms with van der Waals surface area (Å²) in [7, 11) is 0. The van der Waals surface area contributed by atoms with Crippen molar-refractivity contribution >= 4 is 49.4 Å². The molecular formula is C11H10Br2N2O2. The van der Waals surface area contributed by atoms with Crippen LogP contribution in [0.1, 0.15) is 6.42 Å². The number of carbonyl (C=O) groups excluding carboxylic acids is 2. The highest BCUT2D eigenvalue weighted by atomic mass is 79.9. The van der Waals surface area contributed by atoms with Crippen molar-refractivity contribution in [2.24, 2.45) is 11.7 Å². The second-order valence-electron chi connectivity index (χ2n) is 3.91. The Kier molecular flexibility index (Phi) is 3.53. The van der Waals surface area contributed by atoms with E-state index in [4.69, 9.17) is 5.73 Å². The largest absolute Gasteiger partial charge is 0.369 e. The van der Waals surface area contributed by atoms with Crippen LogP contribution in [-0.4, -0.2) is 18.4 Å². The Morgan fingerprint density at radius 2 is 2.06 bits per heavy atom. The maximum atomic E-state index is 11.8. The van der Waals surface area contributed by atoms with Crippen LogP contribution >= 0.6 is 31.9 Å². The van der Waals surface area contributed by atoms with Crippen molar-refractivity contribution in [2.45, 2.75) is 6.42 Å². The molecule has 2 rings (SSSR count). The standard InChI is InChI=1S/C11H10Br2N2O2/c12-8-2-1-7(4-9(8)13)15-5-6(11(14)17)3-10(15)16/h1-2,4,6H,3,5H2,(H2,14,17). The van der Waals surface area contributed by atoms with Gasteiger partial charge < -0.3 is 10.6 Å². The number of hydrogen-bond acceptors (Lipinski definition) is 2. The van der Waals surface area contributed by atoms with E-state index in [9.17, 15) is 9.59 Å². The maximum absolute atomic E-state index is 11.8. The first-order valence-corrected chi connectivity index (χ1v) is 6.62. The van der Waals surface area contributed by atoms with E-state index in [2.05, 4.69) is 31.9 Å². The number of nitrogens with two attached hydrogens (primary N) is 1. The number of rotatable bonds is 2. The maximum Gasteiger partial charge on any atom is 0.227 e. The molecule has 4 nitrogen and oxygen atoms in total. The number of carbonyl (C=O) groups is 2. The Hall–Kier alpha value is -0.880. The Balaban J connectivity index is 2.26. The molecule has 1 aromatic carbocycles. The number of hydrogen-bond donors (Lipinski definition) is 1. The van der Waals surface area contributed by atoms with Gasteiger partial charge in [0.05, 0.1) is 5.92 Å². The molecule has 0 aromatic heterocycles. The number of primary amides is 1. The molecule has 0 aliphatic carbocycles. The zero-order chi connectivity index (χ0) is 12.6. The quantitative estimate of drug-likeness (QED) is 0.876. The van der Waals surface area contributed by atoms with Gasteiger partial charge in [-0.2, -0.15) is 0 Å². The van der Waals surface area contributed by atoms with Gasteiger partial charge in [-0.1, -0.05) is 0 Å². The van der Waals surface area contributed by atoms with Crippen LogP contribution in [0, 0.1) is 5.92 Å². The molecule has 1 aromatic rings. The molecule has 1 atom stereocenters. The van der Waals surface area contributed by atoms with Gasteiger partial charge >= 0.3 is 0 Å². The highest BCUT2D eigenvalue weighted by Gasteiger charge is 2.33. The van der Waals surface area contributed by atoms with Crippen molar-refractivity contribution in [2.75, 3.05) is 11.4 Å². The average Bonchev–Trinajstić information content (AvgIpc) is 2.65. The smallest absolute Gasteiger partial charge is 0.227 e. The second kappa shape index (κ2) is 4.78. The molecule has 1 saturated heterocycles. The molecule has 1 aliphatic heterocycles. The lowest BCUT2D eigenvalue weighted by Gasteiger charge is -2.16. The van der Waals surface area contributed by atoms with Crippen LogP contribution in [0.2, 0.25) is 0 Å². The van der Waals surface area contributed by atoms with Gasteiger partial charge in [0.15, 0.2) is 0 Å². The molecule has 1 fully saturated rings. The normalized spacial score (nSPS) is 19.8. The lowest BCUT2D eigenvalue weighted by Crippen LogP contribution is -2.28. The van der Waals surface area contributed by atoms with Crippen molar-refractivity contribution in [3.63, 3.8) is 0 Å². The van der Waals surface area contributed by atoms with Crippen molar-refractivity contribution < 1.29 is 9.59 Å². The summed E-state index contributed by atoms with van der Waals surface area (Å²) in [5.41, 5.74) is 5.99. The first-order chi connectivity index (χ1) is 7.99. The molecule has 17 heavy (non-hydrogen) atoms. The Morgan fingerprint density at radius 1 is 1.35 bits per heavy atom. The highest BCUT2D eigenvalue weighted by Crippen LogP contribution is 2.31. The van der Waals surface area contributed by atoms with Crippen LogP contribution in [0.5, 0.6) is 0 Å². The predicted octanol–water partition coefficient (Wildman–Crippen LogP) is 2.05. The molecule has 0 bridgehead atoms. The molecule has 0 radical (unpaired) electrons. The van der Waals surface area contributed by atoms with E-state index in [1.54, 1.807) is 4.90 Å². The van der Waals surface area contributed by atoms with Crippen LogP contribution in [0.3, 0.4) is 0 Å². The van der Waals surface area contributed by atoms with E-state index in [1.807, 2.05) is 18.2 Å². The Bertz CT molecular complexity index is 490. The molecular weight excluding hydrogens is 352 g/mol. The van der Waals surface area contributed by atoms with Crippen LogP contribution in [0.4, 0.5) is 5.69 Å². The first kappa shape index (κ1) is 12.6. The molecule has 1 heterocycles. The predicted molar refractivity (Wildman–Crippen MR) is 71.5 cm³/mol. The van der Waals surface area contributed by atoms with Gasteiger partial charge in [0.2, 0.25) is 11.8 Å². The summed E-state index contributed by atoms with van der Waals surface area (Å²) < 4.78 is 1.78. The van der Waals surface area contributed by atoms with Gasteiger partial charge in [0.25, 0.3) is 0 Å². The van der Waals surface area contributed by atoms with Crippen molar-refractivity contribution in [1.82, 2.24) is 0 Å². The summed E-state index contributed by atoms with van der Waals surface area (Å²) in [6, 6.07) is 5.52. The fraction of sp³-hybridized carbons (Fsp3) is 0.273. The van der Waals surface area contributed by atoms with E-state index in [0.29, 0.717) is 6.54 Å². The zero-order valence-corrected chi connectivity index (χ0v) is 12.0. The molecule has 6 heteroatoms. The summed E-state index contributed by atoms with van der Waals surface area (Å²) in [5.74, 6) is -0.870. The number of amides is 2. The van der Waals surface area contributed by atoms with E-state index < -0.39 is 5.91 Å². The summed E-state index contributed by atoms with van der Waals surface area (Å²) in [6.45, 7) is 0.363. The van der Waals surface area contributed by atoms with Crippen LogP contribution in [0.25, 0.3) is 0 Å². The molecule has 90 valence electrons. The minimum absolute atomic E-state index is 0.0666. The van der Waals surface area contributed by atoms with Crippen molar-refractivity contribution in [3.05, 3.63) is 27.1 Å². The number of halogens is 2. The fourth-order valence-electron chi connectivity index (χ4n) is 1.80. The van der Waals surface area contributed by atoms with Gasteiger partial charge in [-0.25, -0.2) is 0 Å². The molecule has 2 N–H and O–H groups in total. The van der Waals surface area contributed by atoms with Crippen LogP contribution in [-0.2, 0) is 9.59 Å². The minimum atomic E-state index is -0.419. The van der Waals surface area contributed by atoms with Gasteiger partial charge in [-0.3, -0.25) is 9.59 Å². The van der Waals surface area contributed by atoms with E-state index >= 15 is 0 Å². The number of nitrogens with zero attached hydrogens (tertiary/aromatic N) is 1. The van der Waals surface area contributed by atoms with Crippen LogP contribution < -0.4 is 10.6 Å². The average molecular weight is 362 g/mol. The molecule has 0 saturated carbocycles. The SMILES string of the molecule is NC(=O)C1CC(=O)N(c2ccc(Br)c(Br)c2)C1. The summed E-state index contributed by atoms with van der Waals surface area (Å²) >= 11 is 6.74. The summed E-state index contributed by atoms with van der Waals surface area (Å²) in [6.07, 6.45) is 0.197. The zero-order valence-electron chi connectivity index (χ0n) is 8.82. The van der Waals surface area contributed by atoms with Gasteiger partial charge in [0.1, 0.15) is 0 Å². The number of anilines is 1. The van der Waals surface area contributed by atoms with Gasteiger partial charge in [0, 0.05) is 27.6 Å². The van der Waals surface area contributed by atoms with E-state index in [-0.39, 0.29) is 18.2 Å². The molecule has 0 spiro atoms. The summed E-state index contributed by atoms with van der Waals surface area (Å²) in [5, 5.41) is 0. The van der Waals surface area contributed by atoms with E-state index in [1.165, 1.54) is 0 Å². The number of benzene rings is 1. The lowest BCUT2D eigenvalue weighted by atomic mass is 10.1.